The van der Waals surface area contributed by atoms with Gasteiger partial charge in [0, 0.05) is 5.92 Å². The summed E-state index contributed by atoms with van der Waals surface area (Å²) >= 11 is 0. The predicted molar refractivity (Wildman–Crippen MR) is 98.4 cm³/mol. The van der Waals surface area contributed by atoms with Crippen molar-refractivity contribution in [3.8, 4) is 11.5 Å². The van der Waals surface area contributed by atoms with Gasteiger partial charge in [0.05, 0.1) is 20.3 Å². The number of aliphatic hydroxyl groups excluding tert-OH is 1. The molecule has 25 heavy (non-hydrogen) atoms. The second kappa shape index (κ2) is 6.72. The standard InChI is InChI=1S/C22H26O3/c1-24-15-9-7-14(8-10-15)21-18-6-4-3-5-17(18)20-13-16(25-2)11-12-19(20)22(21)23/h7-13,17-18,21-23H,3-6H2,1-2H3. The minimum absolute atomic E-state index is 0.150. The summed E-state index contributed by atoms with van der Waals surface area (Å²) in [6.45, 7) is 0. The molecule has 0 radical (unpaired) electrons. The maximum absolute atomic E-state index is 11.2. The Morgan fingerprint density at radius 1 is 0.840 bits per heavy atom. The molecule has 4 rings (SSSR count). The van der Waals surface area contributed by atoms with Crippen LogP contribution in [-0.4, -0.2) is 19.3 Å². The van der Waals surface area contributed by atoms with E-state index in [0.717, 1.165) is 17.1 Å². The number of methoxy groups -OCH3 is 2. The van der Waals surface area contributed by atoms with Gasteiger partial charge in [-0.05, 0) is 65.6 Å². The fraction of sp³-hybridized carbons (Fsp3) is 0.455. The lowest BCUT2D eigenvalue weighted by Gasteiger charge is -2.45. The van der Waals surface area contributed by atoms with E-state index in [1.165, 1.54) is 36.8 Å². The lowest BCUT2D eigenvalue weighted by Crippen LogP contribution is -2.33. The minimum atomic E-state index is -0.464. The van der Waals surface area contributed by atoms with Crippen LogP contribution in [0, 0.1) is 5.92 Å². The number of fused-ring (bicyclic) bond motifs is 3. The molecule has 1 saturated carbocycles. The van der Waals surface area contributed by atoms with Crippen molar-refractivity contribution in [3.05, 3.63) is 59.2 Å². The molecule has 4 unspecified atom stereocenters. The summed E-state index contributed by atoms with van der Waals surface area (Å²) in [5, 5.41) is 11.2. The molecule has 0 spiro atoms. The highest BCUT2D eigenvalue weighted by Gasteiger charge is 2.43. The molecule has 2 aromatic carbocycles. The molecule has 2 aromatic rings. The van der Waals surface area contributed by atoms with E-state index in [9.17, 15) is 5.11 Å². The average molecular weight is 338 g/mol. The highest BCUT2D eigenvalue weighted by atomic mass is 16.5. The van der Waals surface area contributed by atoms with Gasteiger partial charge in [-0.1, -0.05) is 31.0 Å². The zero-order valence-corrected chi connectivity index (χ0v) is 14.9. The van der Waals surface area contributed by atoms with Gasteiger partial charge in [-0.2, -0.15) is 0 Å². The Labute approximate surface area is 149 Å². The van der Waals surface area contributed by atoms with Crippen LogP contribution in [0.1, 0.15) is 60.3 Å². The van der Waals surface area contributed by atoms with Gasteiger partial charge in [0.2, 0.25) is 0 Å². The van der Waals surface area contributed by atoms with Gasteiger partial charge >= 0.3 is 0 Å². The highest BCUT2D eigenvalue weighted by molar-refractivity contribution is 5.45. The molecule has 0 bridgehead atoms. The molecular weight excluding hydrogens is 312 g/mol. The van der Waals surface area contributed by atoms with Crippen LogP contribution in [0.25, 0.3) is 0 Å². The molecule has 1 fully saturated rings. The van der Waals surface area contributed by atoms with Gasteiger partial charge in [0.25, 0.3) is 0 Å². The number of benzene rings is 2. The Morgan fingerprint density at radius 2 is 1.52 bits per heavy atom. The number of ether oxygens (including phenoxy) is 2. The smallest absolute Gasteiger partial charge is 0.119 e. The van der Waals surface area contributed by atoms with Gasteiger partial charge in [0.1, 0.15) is 11.5 Å². The van der Waals surface area contributed by atoms with Gasteiger partial charge in [-0.25, -0.2) is 0 Å². The zero-order valence-electron chi connectivity index (χ0n) is 14.9. The number of hydrogen-bond donors (Lipinski definition) is 1. The van der Waals surface area contributed by atoms with Crippen molar-refractivity contribution >= 4 is 0 Å². The van der Waals surface area contributed by atoms with E-state index in [4.69, 9.17) is 9.47 Å². The molecule has 0 aliphatic heterocycles. The Kier molecular flexibility index (Phi) is 4.43. The van der Waals surface area contributed by atoms with E-state index >= 15 is 0 Å². The molecule has 1 N–H and O–H groups in total. The summed E-state index contributed by atoms with van der Waals surface area (Å²) in [7, 11) is 3.39. The Hall–Kier alpha value is -2.00. The molecule has 4 atom stereocenters. The van der Waals surface area contributed by atoms with Crippen LogP contribution in [0.15, 0.2) is 42.5 Å². The first-order chi connectivity index (χ1) is 12.2. The van der Waals surface area contributed by atoms with Crippen LogP contribution in [0.5, 0.6) is 11.5 Å². The van der Waals surface area contributed by atoms with Crippen molar-refractivity contribution in [1.29, 1.82) is 0 Å². The second-order valence-corrected chi connectivity index (χ2v) is 7.29. The van der Waals surface area contributed by atoms with E-state index in [2.05, 4.69) is 24.3 Å². The Balaban J connectivity index is 1.78. The van der Waals surface area contributed by atoms with Crippen molar-refractivity contribution in [1.82, 2.24) is 0 Å². The van der Waals surface area contributed by atoms with Crippen LogP contribution in [0.3, 0.4) is 0 Å². The van der Waals surface area contributed by atoms with Crippen molar-refractivity contribution in [3.63, 3.8) is 0 Å². The minimum Gasteiger partial charge on any atom is -0.497 e. The van der Waals surface area contributed by atoms with E-state index in [-0.39, 0.29) is 5.92 Å². The first-order valence-electron chi connectivity index (χ1n) is 9.22. The van der Waals surface area contributed by atoms with Crippen LogP contribution >= 0.6 is 0 Å². The van der Waals surface area contributed by atoms with Crippen LogP contribution in [-0.2, 0) is 0 Å². The average Bonchev–Trinajstić information content (AvgIpc) is 2.68. The summed E-state index contributed by atoms with van der Waals surface area (Å²) in [6, 6.07) is 14.4. The summed E-state index contributed by atoms with van der Waals surface area (Å²) in [5.41, 5.74) is 3.58. The normalized spacial score (nSPS) is 28.0. The topological polar surface area (TPSA) is 38.7 Å². The Bertz CT molecular complexity index is 737. The molecule has 2 aliphatic rings. The summed E-state index contributed by atoms with van der Waals surface area (Å²) in [4.78, 5) is 0. The van der Waals surface area contributed by atoms with Gasteiger partial charge in [-0.15, -0.1) is 0 Å². The molecular formula is C22H26O3. The molecule has 0 amide bonds. The summed E-state index contributed by atoms with van der Waals surface area (Å²) in [5.74, 6) is 2.89. The first kappa shape index (κ1) is 16.5. The number of rotatable bonds is 3. The maximum atomic E-state index is 11.2. The van der Waals surface area contributed by atoms with Crippen LogP contribution in [0.2, 0.25) is 0 Å². The van der Waals surface area contributed by atoms with Gasteiger partial charge < -0.3 is 14.6 Å². The van der Waals surface area contributed by atoms with E-state index < -0.39 is 6.10 Å². The highest BCUT2D eigenvalue weighted by Crippen LogP contribution is 2.55. The van der Waals surface area contributed by atoms with Crippen molar-refractivity contribution in [2.24, 2.45) is 5.92 Å². The zero-order chi connectivity index (χ0) is 17.4. The fourth-order valence-electron chi connectivity index (χ4n) is 4.93. The molecule has 0 aromatic heterocycles. The second-order valence-electron chi connectivity index (χ2n) is 7.29. The SMILES string of the molecule is COc1ccc(C2C(O)c3ccc(OC)cc3C3CCCCC32)cc1. The van der Waals surface area contributed by atoms with Gasteiger partial charge in [0.15, 0.2) is 0 Å². The summed E-state index contributed by atoms with van der Waals surface area (Å²) in [6.07, 6.45) is 4.43. The number of hydrogen-bond acceptors (Lipinski definition) is 3. The lowest BCUT2D eigenvalue weighted by atomic mass is 9.60. The van der Waals surface area contributed by atoms with Crippen LogP contribution in [0.4, 0.5) is 0 Å². The Morgan fingerprint density at radius 3 is 2.24 bits per heavy atom. The van der Waals surface area contributed by atoms with E-state index in [0.29, 0.717) is 11.8 Å². The third-order valence-corrected chi connectivity index (χ3v) is 6.13. The fourth-order valence-corrected chi connectivity index (χ4v) is 4.93. The van der Waals surface area contributed by atoms with Crippen LogP contribution < -0.4 is 9.47 Å². The maximum Gasteiger partial charge on any atom is 0.119 e. The van der Waals surface area contributed by atoms with Crippen molar-refractivity contribution in [2.75, 3.05) is 14.2 Å². The third-order valence-electron chi connectivity index (χ3n) is 6.13. The number of aliphatic hydroxyl groups is 1. The molecule has 0 heterocycles. The molecule has 0 saturated heterocycles. The van der Waals surface area contributed by atoms with Crippen molar-refractivity contribution in [2.45, 2.75) is 43.6 Å². The predicted octanol–water partition coefficient (Wildman–Crippen LogP) is 4.81. The van der Waals surface area contributed by atoms with Gasteiger partial charge in [-0.3, -0.25) is 0 Å². The summed E-state index contributed by atoms with van der Waals surface area (Å²) < 4.78 is 10.7. The molecule has 2 aliphatic carbocycles. The molecule has 3 nitrogen and oxygen atoms in total. The quantitative estimate of drug-likeness (QED) is 0.873. The molecule has 3 heteroatoms. The third kappa shape index (κ3) is 2.81. The monoisotopic (exact) mass is 338 g/mol. The van der Waals surface area contributed by atoms with Crippen molar-refractivity contribution < 1.29 is 14.6 Å². The van der Waals surface area contributed by atoms with E-state index in [1.54, 1.807) is 14.2 Å². The largest absolute Gasteiger partial charge is 0.497 e. The first-order valence-corrected chi connectivity index (χ1v) is 9.22. The molecule has 132 valence electrons. The van der Waals surface area contributed by atoms with E-state index in [1.807, 2.05) is 18.2 Å². The lowest BCUT2D eigenvalue weighted by molar-refractivity contribution is 0.0752.